The predicted molar refractivity (Wildman–Crippen MR) is 67.2 cm³/mol. The molecule has 0 aliphatic heterocycles. The normalized spacial score (nSPS) is 10.3. The number of nitrogens with zero attached hydrogens (tertiary/aromatic N) is 2. The minimum absolute atomic E-state index is 0.0794. The van der Waals surface area contributed by atoms with Gasteiger partial charge in [0.25, 0.3) is 0 Å². The number of benzene rings is 1. The monoisotopic (exact) mass is 229 g/mol. The van der Waals surface area contributed by atoms with Gasteiger partial charge in [-0.05, 0) is 31.0 Å². The van der Waals surface area contributed by atoms with Crippen LogP contribution in [0.4, 0.5) is 11.6 Å². The molecule has 2 aromatic rings. The molecule has 0 bridgehead atoms. The Morgan fingerprint density at radius 3 is 2.53 bits per heavy atom. The smallest absolute Gasteiger partial charge is 0.227 e. The average Bonchev–Trinajstić information content (AvgIpc) is 2.34. The van der Waals surface area contributed by atoms with E-state index in [2.05, 4.69) is 15.3 Å². The highest BCUT2D eigenvalue weighted by molar-refractivity contribution is 5.62. The molecule has 4 heteroatoms. The molecule has 1 aromatic heterocycles. The molecular weight excluding hydrogens is 214 g/mol. The SMILES string of the molecule is Cc1cccc(C)c1Nc1nccc(CO)n1. The Balaban J connectivity index is 2.31. The van der Waals surface area contributed by atoms with Crippen LogP contribution >= 0.6 is 0 Å². The van der Waals surface area contributed by atoms with E-state index >= 15 is 0 Å². The van der Waals surface area contributed by atoms with Crippen LogP contribution in [0.1, 0.15) is 16.8 Å². The van der Waals surface area contributed by atoms with Gasteiger partial charge in [0.05, 0.1) is 12.3 Å². The molecule has 1 aromatic carbocycles. The highest BCUT2D eigenvalue weighted by Crippen LogP contribution is 2.22. The van der Waals surface area contributed by atoms with Crippen molar-refractivity contribution in [2.75, 3.05) is 5.32 Å². The Bertz CT molecular complexity index is 506. The maximum Gasteiger partial charge on any atom is 0.227 e. The van der Waals surface area contributed by atoms with Gasteiger partial charge < -0.3 is 10.4 Å². The lowest BCUT2D eigenvalue weighted by Gasteiger charge is -2.11. The lowest BCUT2D eigenvalue weighted by Crippen LogP contribution is -2.02. The first-order chi connectivity index (χ1) is 8.20. The summed E-state index contributed by atoms with van der Waals surface area (Å²) >= 11 is 0. The van der Waals surface area contributed by atoms with Gasteiger partial charge in [-0.1, -0.05) is 18.2 Å². The summed E-state index contributed by atoms with van der Waals surface area (Å²) in [4.78, 5) is 8.33. The fourth-order valence-corrected chi connectivity index (χ4v) is 1.67. The van der Waals surface area contributed by atoms with Crippen molar-refractivity contribution in [3.63, 3.8) is 0 Å². The van der Waals surface area contributed by atoms with Crippen LogP contribution in [-0.4, -0.2) is 15.1 Å². The number of hydrogen-bond donors (Lipinski definition) is 2. The van der Waals surface area contributed by atoms with Crippen LogP contribution in [0.15, 0.2) is 30.5 Å². The van der Waals surface area contributed by atoms with Crippen LogP contribution < -0.4 is 5.32 Å². The minimum Gasteiger partial charge on any atom is -0.390 e. The van der Waals surface area contributed by atoms with Crippen molar-refractivity contribution in [1.82, 2.24) is 9.97 Å². The van der Waals surface area contributed by atoms with Crippen LogP contribution in [-0.2, 0) is 6.61 Å². The molecule has 17 heavy (non-hydrogen) atoms. The van der Waals surface area contributed by atoms with Crippen LogP contribution in [0.3, 0.4) is 0 Å². The van der Waals surface area contributed by atoms with E-state index in [1.807, 2.05) is 32.0 Å². The maximum atomic E-state index is 9.02. The summed E-state index contributed by atoms with van der Waals surface area (Å²) in [5.41, 5.74) is 3.90. The van der Waals surface area contributed by atoms with E-state index in [0.717, 1.165) is 16.8 Å². The quantitative estimate of drug-likeness (QED) is 0.848. The molecule has 2 rings (SSSR count). The number of aliphatic hydroxyl groups is 1. The van der Waals surface area contributed by atoms with Gasteiger partial charge in [0.1, 0.15) is 0 Å². The predicted octanol–water partition coefficient (Wildman–Crippen LogP) is 2.33. The Hall–Kier alpha value is -1.94. The topological polar surface area (TPSA) is 58.0 Å². The van der Waals surface area contributed by atoms with Crippen molar-refractivity contribution in [2.45, 2.75) is 20.5 Å². The standard InChI is InChI=1S/C13H15N3O/c1-9-4-3-5-10(2)12(9)16-13-14-7-6-11(8-17)15-13/h3-7,17H,8H2,1-2H3,(H,14,15,16). The molecule has 0 atom stereocenters. The molecule has 0 aliphatic rings. The van der Waals surface area contributed by atoms with E-state index in [9.17, 15) is 0 Å². The Morgan fingerprint density at radius 2 is 1.88 bits per heavy atom. The number of anilines is 2. The summed E-state index contributed by atoms with van der Waals surface area (Å²) in [6, 6.07) is 7.77. The van der Waals surface area contributed by atoms with Gasteiger partial charge in [-0.2, -0.15) is 0 Å². The molecule has 0 saturated heterocycles. The third-order valence-electron chi connectivity index (χ3n) is 2.59. The first-order valence-electron chi connectivity index (χ1n) is 5.46. The highest BCUT2D eigenvalue weighted by atomic mass is 16.3. The lowest BCUT2D eigenvalue weighted by molar-refractivity contribution is 0.277. The van der Waals surface area contributed by atoms with E-state index in [4.69, 9.17) is 5.11 Å². The van der Waals surface area contributed by atoms with Crippen molar-refractivity contribution >= 4 is 11.6 Å². The van der Waals surface area contributed by atoms with E-state index in [-0.39, 0.29) is 6.61 Å². The minimum atomic E-state index is -0.0794. The van der Waals surface area contributed by atoms with Gasteiger partial charge >= 0.3 is 0 Å². The number of rotatable bonds is 3. The zero-order valence-electron chi connectivity index (χ0n) is 9.94. The van der Waals surface area contributed by atoms with Crippen molar-refractivity contribution < 1.29 is 5.11 Å². The fourth-order valence-electron chi connectivity index (χ4n) is 1.67. The number of aromatic nitrogens is 2. The van der Waals surface area contributed by atoms with Crippen molar-refractivity contribution in [3.8, 4) is 0 Å². The molecule has 0 amide bonds. The van der Waals surface area contributed by atoms with Gasteiger partial charge in [0, 0.05) is 11.9 Å². The molecule has 4 nitrogen and oxygen atoms in total. The second kappa shape index (κ2) is 4.93. The zero-order valence-corrected chi connectivity index (χ0v) is 9.94. The Morgan fingerprint density at radius 1 is 1.18 bits per heavy atom. The number of aryl methyl sites for hydroxylation is 2. The van der Waals surface area contributed by atoms with Crippen LogP contribution in [0, 0.1) is 13.8 Å². The van der Waals surface area contributed by atoms with Crippen LogP contribution in [0.5, 0.6) is 0 Å². The number of aliphatic hydroxyl groups excluding tert-OH is 1. The molecule has 1 heterocycles. The average molecular weight is 229 g/mol. The molecule has 88 valence electrons. The van der Waals surface area contributed by atoms with Crippen molar-refractivity contribution in [1.29, 1.82) is 0 Å². The van der Waals surface area contributed by atoms with Gasteiger partial charge in [-0.3, -0.25) is 0 Å². The van der Waals surface area contributed by atoms with E-state index in [0.29, 0.717) is 11.6 Å². The van der Waals surface area contributed by atoms with Gasteiger partial charge in [0.2, 0.25) is 5.95 Å². The summed E-state index contributed by atoms with van der Waals surface area (Å²) in [5.74, 6) is 0.508. The van der Waals surface area contributed by atoms with Crippen LogP contribution in [0.2, 0.25) is 0 Å². The second-order valence-corrected chi connectivity index (χ2v) is 3.92. The lowest BCUT2D eigenvalue weighted by atomic mass is 10.1. The van der Waals surface area contributed by atoms with E-state index < -0.39 is 0 Å². The van der Waals surface area contributed by atoms with Crippen LogP contribution in [0.25, 0.3) is 0 Å². The second-order valence-electron chi connectivity index (χ2n) is 3.92. The van der Waals surface area contributed by atoms with Gasteiger partial charge in [0.15, 0.2) is 0 Å². The summed E-state index contributed by atoms with van der Waals surface area (Å²) in [7, 11) is 0. The van der Waals surface area contributed by atoms with Crippen molar-refractivity contribution in [2.24, 2.45) is 0 Å². The first kappa shape index (κ1) is 11.5. The summed E-state index contributed by atoms with van der Waals surface area (Å²) in [6.07, 6.45) is 1.63. The highest BCUT2D eigenvalue weighted by Gasteiger charge is 2.04. The van der Waals surface area contributed by atoms with E-state index in [1.54, 1.807) is 12.3 Å². The summed E-state index contributed by atoms with van der Waals surface area (Å²) < 4.78 is 0. The maximum absolute atomic E-state index is 9.02. The number of nitrogens with one attached hydrogen (secondary N) is 1. The summed E-state index contributed by atoms with van der Waals surface area (Å²) in [5, 5.41) is 12.2. The van der Waals surface area contributed by atoms with Gasteiger partial charge in [-0.25, -0.2) is 9.97 Å². The molecule has 0 saturated carbocycles. The van der Waals surface area contributed by atoms with E-state index in [1.165, 1.54) is 0 Å². The number of para-hydroxylation sites is 1. The first-order valence-corrected chi connectivity index (χ1v) is 5.46. The Labute approximate surface area is 100 Å². The fraction of sp³-hybridized carbons (Fsp3) is 0.231. The Kier molecular flexibility index (Phi) is 3.35. The van der Waals surface area contributed by atoms with Crippen molar-refractivity contribution in [3.05, 3.63) is 47.3 Å². The third kappa shape index (κ3) is 2.60. The zero-order chi connectivity index (χ0) is 12.3. The molecule has 0 fully saturated rings. The summed E-state index contributed by atoms with van der Waals surface area (Å²) in [6.45, 7) is 3.99. The number of hydrogen-bond acceptors (Lipinski definition) is 4. The molecule has 0 unspecified atom stereocenters. The molecule has 0 radical (unpaired) electrons. The molecular formula is C13H15N3O. The molecule has 0 aliphatic carbocycles. The molecule has 0 spiro atoms. The van der Waals surface area contributed by atoms with Gasteiger partial charge in [-0.15, -0.1) is 0 Å². The largest absolute Gasteiger partial charge is 0.390 e. The molecule has 2 N–H and O–H groups in total. The third-order valence-corrected chi connectivity index (χ3v) is 2.59.